The van der Waals surface area contributed by atoms with Gasteiger partial charge in [0.05, 0.1) is 5.69 Å². The van der Waals surface area contributed by atoms with Gasteiger partial charge in [-0.1, -0.05) is 0 Å². The molecular weight excluding hydrogens is 240 g/mol. The van der Waals surface area contributed by atoms with Crippen LogP contribution in [0.1, 0.15) is 25.7 Å². The fourth-order valence-electron chi connectivity index (χ4n) is 2.04. The molecule has 1 heterocycles. The van der Waals surface area contributed by atoms with Crippen molar-refractivity contribution in [3.8, 4) is 0 Å². The van der Waals surface area contributed by atoms with Gasteiger partial charge in [-0.15, -0.1) is 0 Å². The van der Waals surface area contributed by atoms with Crippen molar-refractivity contribution in [2.75, 3.05) is 11.1 Å². The van der Waals surface area contributed by atoms with Crippen molar-refractivity contribution in [3.05, 3.63) is 18.3 Å². The third kappa shape index (κ3) is 2.94. The highest BCUT2D eigenvalue weighted by molar-refractivity contribution is 5.94. The minimum absolute atomic E-state index is 0.200. The average Bonchev–Trinajstić information content (AvgIpc) is 2.32. The molecule has 1 aromatic rings. The van der Waals surface area contributed by atoms with Crippen LogP contribution in [0.25, 0.3) is 0 Å². The first-order valence-corrected chi connectivity index (χ1v) is 5.87. The van der Waals surface area contributed by atoms with E-state index in [-0.39, 0.29) is 37.5 Å². The van der Waals surface area contributed by atoms with Gasteiger partial charge in [-0.2, -0.15) is 0 Å². The number of amides is 1. The Balaban J connectivity index is 1.95. The van der Waals surface area contributed by atoms with Crippen LogP contribution in [0.15, 0.2) is 18.3 Å². The number of hydrogen-bond acceptors (Lipinski definition) is 3. The summed E-state index contributed by atoms with van der Waals surface area (Å²) in [5.74, 6) is -3.00. The lowest BCUT2D eigenvalue weighted by molar-refractivity contribution is -0.124. The molecule has 0 radical (unpaired) electrons. The van der Waals surface area contributed by atoms with Gasteiger partial charge in [0, 0.05) is 25.0 Å². The lowest BCUT2D eigenvalue weighted by Gasteiger charge is -2.27. The van der Waals surface area contributed by atoms with Crippen molar-refractivity contribution in [2.24, 2.45) is 5.92 Å². The van der Waals surface area contributed by atoms with Crippen LogP contribution in [0.5, 0.6) is 0 Å². The molecule has 0 aliphatic heterocycles. The largest absolute Gasteiger partial charge is 0.396 e. The van der Waals surface area contributed by atoms with Crippen LogP contribution in [0.2, 0.25) is 0 Å². The summed E-state index contributed by atoms with van der Waals surface area (Å²) in [6.45, 7) is 0. The molecule has 1 aromatic heterocycles. The molecule has 0 bridgehead atoms. The van der Waals surface area contributed by atoms with E-state index in [2.05, 4.69) is 10.3 Å². The number of anilines is 2. The standard InChI is InChI=1S/C12H15F2N3O/c13-12(14)5-3-8(4-6-12)11(18)17-10-9(15)2-1-7-16-10/h1-2,7-8H,3-6,15H2,(H,16,17,18). The summed E-state index contributed by atoms with van der Waals surface area (Å²) in [5.41, 5.74) is 6.01. The van der Waals surface area contributed by atoms with Crippen LogP contribution >= 0.6 is 0 Å². The molecule has 0 unspecified atom stereocenters. The molecule has 0 aromatic carbocycles. The molecule has 1 saturated carbocycles. The molecule has 98 valence electrons. The van der Waals surface area contributed by atoms with E-state index in [1.165, 1.54) is 6.20 Å². The normalized spacial score (nSPS) is 19.4. The predicted molar refractivity (Wildman–Crippen MR) is 64.2 cm³/mol. The van der Waals surface area contributed by atoms with E-state index < -0.39 is 5.92 Å². The molecule has 18 heavy (non-hydrogen) atoms. The van der Waals surface area contributed by atoms with Gasteiger partial charge < -0.3 is 11.1 Å². The number of hydrogen-bond donors (Lipinski definition) is 2. The van der Waals surface area contributed by atoms with E-state index in [9.17, 15) is 13.6 Å². The first-order valence-electron chi connectivity index (χ1n) is 5.87. The number of aromatic nitrogens is 1. The monoisotopic (exact) mass is 255 g/mol. The maximum Gasteiger partial charge on any atom is 0.248 e. The van der Waals surface area contributed by atoms with Crippen LogP contribution < -0.4 is 11.1 Å². The molecule has 0 atom stereocenters. The van der Waals surface area contributed by atoms with E-state index in [4.69, 9.17) is 5.73 Å². The smallest absolute Gasteiger partial charge is 0.248 e. The fraction of sp³-hybridized carbons (Fsp3) is 0.500. The van der Waals surface area contributed by atoms with Crippen LogP contribution in [0, 0.1) is 5.92 Å². The number of nitrogens with zero attached hydrogens (tertiary/aromatic N) is 1. The number of nitrogen functional groups attached to an aromatic ring is 1. The zero-order chi connectivity index (χ0) is 13.2. The van der Waals surface area contributed by atoms with Crippen molar-refractivity contribution in [3.63, 3.8) is 0 Å². The fourth-order valence-corrected chi connectivity index (χ4v) is 2.04. The van der Waals surface area contributed by atoms with Crippen molar-refractivity contribution >= 4 is 17.4 Å². The zero-order valence-corrected chi connectivity index (χ0v) is 9.83. The first-order chi connectivity index (χ1) is 8.48. The second kappa shape index (κ2) is 4.88. The number of nitrogens with one attached hydrogen (secondary N) is 1. The Kier molecular flexibility index (Phi) is 3.45. The van der Waals surface area contributed by atoms with Crippen molar-refractivity contribution < 1.29 is 13.6 Å². The van der Waals surface area contributed by atoms with Gasteiger partial charge in [-0.3, -0.25) is 4.79 Å². The number of nitrogens with two attached hydrogens (primary N) is 1. The van der Waals surface area contributed by atoms with Gasteiger partial charge >= 0.3 is 0 Å². The van der Waals surface area contributed by atoms with Crippen LogP contribution in [-0.2, 0) is 4.79 Å². The van der Waals surface area contributed by atoms with Gasteiger partial charge in [0.15, 0.2) is 5.82 Å². The Morgan fingerprint density at radius 2 is 2.11 bits per heavy atom. The lowest BCUT2D eigenvalue weighted by atomic mass is 9.86. The highest BCUT2D eigenvalue weighted by atomic mass is 19.3. The Hall–Kier alpha value is -1.72. The summed E-state index contributed by atoms with van der Waals surface area (Å²) in [4.78, 5) is 15.8. The lowest BCUT2D eigenvalue weighted by Crippen LogP contribution is -2.32. The highest BCUT2D eigenvalue weighted by Crippen LogP contribution is 2.36. The molecule has 1 amide bonds. The number of pyridine rings is 1. The molecule has 1 fully saturated rings. The first kappa shape index (κ1) is 12.7. The predicted octanol–water partition coefficient (Wildman–Crippen LogP) is 2.43. The summed E-state index contributed by atoms with van der Waals surface area (Å²) in [5, 5.41) is 2.59. The summed E-state index contributed by atoms with van der Waals surface area (Å²) in [6.07, 6.45) is 1.45. The number of alkyl halides is 2. The van der Waals surface area contributed by atoms with Gasteiger partial charge in [0.1, 0.15) is 0 Å². The van der Waals surface area contributed by atoms with Crippen LogP contribution in [0.3, 0.4) is 0 Å². The van der Waals surface area contributed by atoms with Crippen molar-refractivity contribution in [1.29, 1.82) is 0 Å². The van der Waals surface area contributed by atoms with E-state index in [1.54, 1.807) is 12.1 Å². The van der Waals surface area contributed by atoms with Gasteiger partial charge in [0.2, 0.25) is 11.8 Å². The number of carbonyl (C=O) groups is 1. The molecule has 2 rings (SSSR count). The molecular formula is C12H15F2N3O. The summed E-state index contributed by atoms with van der Waals surface area (Å²) in [7, 11) is 0. The summed E-state index contributed by atoms with van der Waals surface area (Å²) >= 11 is 0. The minimum Gasteiger partial charge on any atom is -0.396 e. The van der Waals surface area contributed by atoms with E-state index in [1.807, 2.05) is 0 Å². The Bertz CT molecular complexity index is 441. The zero-order valence-electron chi connectivity index (χ0n) is 9.83. The van der Waals surface area contributed by atoms with Gasteiger partial charge in [-0.05, 0) is 25.0 Å². The molecule has 3 N–H and O–H groups in total. The number of rotatable bonds is 2. The molecule has 6 heteroatoms. The number of halogens is 2. The Morgan fingerprint density at radius 1 is 1.44 bits per heavy atom. The molecule has 0 spiro atoms. The Labute approximate surface area is 104 Å². The second-order valence-corrected chi connectivity index (χ2v) is 4.56. The molecule has 1 aliphatic rings. The maximum atomic E-state index is 13.0. The topological polar surface area (TPSA) is 68.0 Å². The van der Waals surface area contributed by atoms with E-state index in [0.717, 1.165) is 0 Å². The average molecular weight is 255 g/mol. The van der Waals surface area contributed by atoms with Crippen molar-refractivity contribution in [1.82, 2.24) is 4.98 Å². The second-order valence-electron chi connectivity index (χ2n) is 4.56. The van der Waals surface area contributed by atoms with Crippen LogP contribution in [0.4, 0.5) is 20.3 Å². The number of carbonyl (C=O) groups excluding carboxylic acids is 1. The van der Waals surface area contributed by atoms with Gasteiger partial charge in [0.25, 0.3) is 0 Å². The van der Waals surface area contributed by atoms with Gasteiger partial charge in [-0.25, -0.2) is 13.8 Å². The quantitative estimate of drug-likeness (QED) is 0.852. The summed E-state index contributed by atoms with van der Waals surface area (Å²) < 4.78 is 25.9. The molecule has 1 aliphatic carbocycles. The minimum atomic E-state index is -2.62. The van der Waals surface area contributed by atoms with E-state index in [0.29, 0.717) is 11.5 Å². The SMILES string of the molecule is Nc1cccnc1NC(=O)C1CCC(F)(F)CC1. The van der Waals surface area contributed by atoms with E-state index >= 15 is 0 Å². The third-order valence-corrected chi connectivity index (χ3v) is 3.17. The highest BCUT2D eigenvalue weighted by Gasteiger charge is 2.37. The third-order valence-electron chi connectivity index (χ3n) is 3.17. The Morgan fingerprint density at radius 3 is 2.72 bits per heavy atom. The molecule has 0 saturated heterocycles. The molecule has 4 nitrogen and oxygen atoms in total. The summed E-state index contributed by atoms with van der Waals surface area (Å²) in [6, 6.07) is 3.28. The van der Waals surface area contributed by atoms with Crippen LogP contribution in [-0.4, -0.2) is 16.8 Å². The van der Waals surface area contributed by atoms with Crippen molar-refractivity contribution in [2.45, 2.75) is 31.6 Å². The maximum absolute atomic E-state index is 13.0.